The molecule has 1 aliphatic carbocycles. The van der Waals surface area contributed by atoms with Gasteiger partial charge in [0.25, 0.3) is 0 Å². The highest BCUT2D eigenvalue weighted by Crippen LogP contribution is 2.34. The van der Waals surface area contributed by atoms with E-state index in [0.29, 0.717) is 25.0 Å². The summed E-state index contributed by atoms with van der Waals surface area (Å²) in [6.07, 6.45) is 13.9. The quantitative estimate of drug-likeness (QED) is 0.180. The number of esters is 1. The molecule has 1 rings (SSSR count). The summed E-state index contributed by atoms with van der Waals surface area (Å²) in [6.45, 7) is 5.93. The van der Waals surface area contributed by atoms with Gasteiger partial charge in [-0.15, -0.1) is 0 Å². The van der Waals surface area contributed by atoms with Gasteiger partial charge in [0.05, 0.1) is 12.2 Å². The van der Waals surface area contributed by atoms with Gasteiger partial charge in [-0.25, -0.2) is 4.79 Å². The molecule has 1 unspecified atom stereocenters. The summed E-state index contributed by atoms with van der Waals surface area (Å²) in [4.78, 5) is 35.1. The van der Waals surface area contributed by atoms with Crippen LogP contribution in [0.5, 0.6) is 0 Å². The van der Waals surface area contributed by atoms with E-state index in [1.165, 1.54) is 0 Å². The number of rotatable bonds is 15. The Balaban J connectivity index is 2.29. The van der Waals surface area contributed by atoms with E-state index in [-0.39, 0.29) is 24.9 Å². The van der Waals surface area contributed by atoms with Crippen molar-refractivity contribution in [1.82, 2.24) is 0 Å². The maximum Gasteiger partial charge on any atom is 0.374 e. The molecule has 0 aromatic carbocycles. The zero-order chi connectivity index (χ0) is 21.7. The van der Waals surface area contributed by atoms with Crippen LogP contribution in [0.1, 0.15) is 97.8 Å². The number of Topliss-reactive ketones (excluding diaryl/α,β-unsaturated/α-hetero) is 2. The fourth-order valence-electron chi connectivity index (χ4n) is 4.01. The average molecular weight is 409 g/mol. The van der Waals surface area contributed by atoms with Gasteiger partial charge in [-0.05, 0) is 51.9 Å². The number of carbonyl (C=O) groups is 3. The standard InChI is InChI=1S/C24H40O5/c1-4-6-17-24(3,28)18-11-12-19-15-16-21(25)20(19)13-9-7-8-10-14-22(26)23(27)29-5-2/h11-12,19-20,28H,4-10,13-18H2,1-3H3/t19-,20+,24?/m0/s1. The second-order valence-corrected chi connectivity index (χ2v) is 8.60. The molecule has 0 aromatic heterocycles. The first-order valence-electron chi connectivity index (χ1n) is 11.4. The van der Waals surface area contributed by atoms with E-state index in [2.05, 4.69) is 19.1 Å². The van der Waals surface area contributed by atoms with Crippen LogP contribution < -0.4 is 0 Å². The Morgan fingerprint density at radius 1 is 1.17 bits per heavy atom. The highest BCUT2D eigenvalue weighted by atomic mass is 16.5. The normalized spacial score (nSPS) is 21.4. The van der Waals surface area contributed by atoms with Crippen molar-refractivity contribution in [3.63, 3.8) is 0 Å². The fourth-order valence-corrected chi connectivity index (χ4v) is 4.01. The van der Waals surface area contributed by atoms with E-state index >= 15 is 0 Å². The van der Waals surface area contributed by atoms with E-state index in [0.717, 1.165) is 51.4 Å². The molecule has 0 spiro atoms. The summed E-state index contributed by atoms with van der Waals surface area (Å²) in [5, 5.41) is 10.4. The van der Waals surface area contributed by atoms with Gasteiger partial charge in [-0.2, -0.15) is 0 Å². The summed E-state index contributed by atoms with van der Waals surface area (Å²) >= 11 is 0. The smallest absolute Gasteiger partial charge is 0.374 e. The zero-order valence-corrected chi connectivity index (χ0v) is 18.6. The van der Waals surface area contributed by atoms with Crippen molar-refractivity contribution < 1.29 is 24.2 Å². The van der Waals surface area contributed by atoms with Crippen LogP contribution in [-0.2, 0) is 19.1 Å². The lowest BCUT2D eigenvalue weighted by molar-refractivity contribution is -0.153. The lowest BCUT2D eigenvalue weighted by atomic mass is 9.88. The van der Waals surface area contributed by atoms with Crippen LogP contribution in [0, 0.1) is 11.8 Å². The second kappa shape index (κ2) is 13.7. The highest BCUT2D eigenvalue weighted by molar-refractivity contribution is 6.33. The van der Waals surface area contributed by atoms with Crippen LogP contribution in [-0.4, -0.2) is 34.9 Å². The minimum atomic E-state index is -0.729. The Kier molecular flexibility index (Phi) is 12.1. The third-order valence-corrected chi connectivity index (χ3v) is 5.84. The summed E-state index contributed by atoms with van der Waals surface area (Å²) in [6, 6.07) is 0. The summed E-state index contributed by atoms with van der Waals surface area (Å²) in [5.74, 6) is -0.442. The number of aliphatic hydroxyl groups is 1. The third-order valence-electron chi connectivity index (χ3n) is 5.84. The number of carbonyl (C=O) groups excluding carboxylic acids is 3. The first kappa shape index (κ1) is 25.5. The number of allylic oxidation sites excluding steroid dienone is 1. The Labute approximate surface area is 176 Å². The van der Waals surface area contributed by atoms with Crippen LogP contribution in [0.4, 0.5) is 0 Å². The maximum absolute atomic E-state index is 12.3. The summed E-state index contributed by atoms with van der Waals surface area (Å²) in [7, 11) is 0. The van der Waals surface area contributed by atoms with Gasteiger partial charge >= 0.3 is 5.97 Å². The van der Waals surface area contributed by atoms with Crippen molar-refractivity contribution in [1.29, 1.82) is 0 Å². The van der Waals surface area contributed by atoms with Gasteiger partial charge in [0.2, 0.25) is 5.78 Å². The first-order chi connectivity index (χ1) is 13.8. The average Bonchev–Trinajstić information content (AvgIpc) is 3.02. The molecule has 0 radical (unpaired) electrons. The molecule has 0 bridgehead atoms. The Hall–Kier alpha value is -1.49. The number of ether oxygens (including phenoxy) is 1. The van der Waals surface area contributed by atoms with Gasteiger partial charge < -0.3 is 9.84 Å². The summed E-state index contributed by atoms with van der Waals surface area (Å²) in [5.41, 5.74) is -0.661. The molecular weight excluding hydrogens is 368 g/mol. The molecule has 3 atom stereocenters. The van der Waals surface area contributed by atoms with Crippen molar-refractivity contribution in [2.75, 3.05) is 6.61 Å². The molecule has 166 valence electrons. The highest BCUT2D eigenvalue weighted by Gasteiger charge is 2.32. The van der Waals surface area contributed by atoms with E-state index in [1.807, 2.05) is 6.92 Å². The maximum atomic E-state index is 12.3. The molecule has 1 aliphatic rings. The van der Waals surface area contributed by atoms with Gasteiger partial charge in [0, 0.05) is 18.8 Å². The Morgan fingerprint density at radius 2 is 1.90 bits per heavy atom. The predicted molar refractivity (Wildman–Crippen MR) is 114 cm³/mol. The third kappa shape index (κ3) is 10.2. The minimum absolute atomic E-state index is 0.0907. The van der Waals surface area contributed by atoms with E-state index in [4.69, 9.17) is 4.74 Å². The number of ketones is 2. The Morgan fingerprint density at radius 3 is 2.59 bits per heavy atom. The molecule has 1 N–H and O–H groups in total. The van der Waals surface area contributed by atoms with Crippen molar-refractivity contribution in [2.45, 2.75) is 103 Å². The van der Waals surface area contributed by atoms with Crippen molar-refractivity contribution in [2.24, 2.45) is 11.8 Å². The molecule has 0 aliphatic heterocycles. The number of hydrogen-bond donors (Lipinski definition) is 1. The van der Waals surface area contributed by atoms with Gasteiger partial charge in [-0.1, -0.05) is 51.2 Å². The SMILES string of the molecule is CCCCC(C)(O)CC=C[C@H]1CCC(=O)[C@@H]1CCCCCCC(=O)C(=O)OCC. The molecule has 0 saturated heterocycles. The topological polar surface area (TPSA) is 80.7 Å². The van der Waals surface area contributed by atoms with Crippen LogP contribution in [0.25, 0.3) is 0 Å². The van der Waals surface area contributed by atoms with Gasteiger partial charge in [0.1, 0.15) is 5.78 Å². The molecule has 1 saturated carbocycles. The number of hydrogen-bond acceptors (Lipinski definition) is 5. The largest absolute Gasteiger partial charge is 0.460 e. The van der Waals surface area contributed by atoms with Crippen molar-refractivity contribution in [3.05, 3.63) is 12.2 Å². The van der Waals surface area contributed by atoms with E-state index in [9.17, 15) is 19.5 Å². The molecule has 5 heteroatoms. The lowest BCUT2D eigenvalue weighted by Crippen LogP contribution is -2.22. The van der Waals surface area contributed by atoms with Crippen molar-refractivity contribution >= 4 is 17.5 Å². The van der Waals surface area contributed by atoms with E-state index < -0.39 is 17.4 Å². The van der Waals surface area contributed by atoms with Crippen LogP contribution in [0.15, 0.2) is 12.2 Å². The zero-order valence-electron chi connectivity index (χ0n) is 18.6. The molecule has 29 heavy (non-hydrogen) atoms. The van der Waals surface area contributed by atoms with Gasteiger partial charge in [-0.3, -0.25) is 9.59 Å². The van der Waals surface area contributed by atoms with Crippen LogP contribution in [0.2, 0.25) is 0 Å². The monoisotopic (exact) mass is 408 g/mol. The van der Waals surface area contributed by atoms with Crippen molar-refractivity contribution in [3.8, 4) is 0 Å². The molecule has 0 amide bonds. The molecule has 1 fully saturated rings. The molecule has 5 nitrogen and oxygen atoms in total. The van der Waals surface area contributed by atoms with E-state index in [1.54, 1.807) is 6.92 Å². The number of unbranched alkanes of at least 4 members (excludes halogenated alkanes) is 4. The fraction of sp³-hybridized carbons (Fsp3) is 0.792. The first-order valence-corrected chi connectivity index (χ1v) is 11.4. The predicted octanol–water partition coefficient (Wildman–Crippen LogP) is 4.94. The van der Waals surface area contributed by atoms with Gasteiger partial charge in [0.15, 0.2) is 0 Å². The minimum Gasteiger partial charge on any atom is -0.460 e. The lowest BCUT2D eigenvalue weighted by Gasteiger charge is -2.21. The molecule has 0 aromatic rings. The van der Waals surface area contributed by atoms with Crippen LogP contribution in [0.3, 0.4) is 0 Å². The molecule has 0 heterocycles. The summed E-state index contributed by atoms with van der Waals surface area (Å²) < 4.78 is 4.70. The van der Waals surface area contributed by atoms with Crippen LogP contribution >= 0.6 is 0 Å². The molecular formula is C24H40O5. The Bertz CT molecular complexity index is 549. The second-order valence-electron chi connectivity index (χ2n) is 8.60.